The number of carbonyl (C=O) groups is 1. The topological polar surface area (TPSA) is 76.2 Å². The number of nitrogens with one attached hydrogen (secondary N) is 2. The molecule has 0 aliphatic carbocycles. The molecule has 7 heteroatoms. The Morgan fingerprint density at radius 2 is 2.22 bits per heavy atom. The summed E-state index contributed by atoms with van der Waals surface area (Å²) in [5.74, 6) is 0.00116. The average Bonchev–Trinajstić information content (AvgIpc) is 3.08. The highest BCUT2D eigenvalue weighted by Crippen LogP contribution is 2.26. The molecule has 1 aliphatic rings. The summed E-state index contributed by atoms with van der Waals surface area (Å²) in [6.07, 6.45) is 0.759. The number of hydrogen-bond donors (Lipinski definition) is 2. The molecule has 140 valence electrons. The summed E-state index contributed by atoms with van der Waals surface area (Å²) in [4.78, 5) is 19.3. The first-order valence-electron chi connectivity index (χ1n) is 8.87. The summed E-state index contributed by atoms with van der Waals surface area (Å²) >= 11 is 0. The van der Waals surface area contributed by atoms with Gasteiger partial charge in [0.15, 0.2) is 0 Å². The Morgan fingerprint density at radius 1 is 1.33 bits per heavy atom. The molecule has 3 aromatic rings. The number of fused-ring (bicyclic) bond motifs is 2. The van der Waals surface area contributed by atoms with Gasteiger partial charge in [-0.3, -0.25) is 4.79 Å². The van der Waals surface area contributed by atoms with Crippen LogP contribution in [0, 0.1) is 5.82 Å². The molecule has 1 unspecified atom stereocenters. The standard InChI is InChI=1S/C20H20FN3O3/c21-14-5-6-16-17(9-14)24-19(23-16)11-26-12-20(25)22-10-18-15-4-2-1-3-13(15)7-8-27-18/h1-6,9,18H,7-8,10-12H2,(H,22,25)(H,23,24). The van der Waals surface area contributed by atoms with Gasteiger partial charge in [-0.2, -0.15) is 0 Å². The molecule has 0 saturated heterocycles. The Kier molecular flexibility index (Phi) is 5.13. The SMILES string of the molecule is O=C(COCc1nc2ccc(F)cc2[nH]1)NCC1OCCc2ccccc21. The van der Waals surface area contributed by atoms with E-state index in [1.54, 1.807) is 6.07 Å². The molecule has 1 aromatic heterocycles. The monoisotopic (exact) mass is 369 g/mol. The molecule has 1 amide bonds. The number of imidazole rings is 1. The van der Waals surface area contributed by atoms with E-state index in [0.717, 1.165) is 12.0 Å². The molecule has 27 heavy (non-hydrogen) atoms. The summed E-state index contributed by atoms with van der Waals surface area (Å²) in [5, 5.41) is 2.84. The van der Waals surface area contributed by atoms with E-state index in [1.165, 1.54) is 17.7 Å². The Hall–Kier alpha value is -2.77. The van der Waals surface area contributed by atoms with Crippen molar-refractivity contribution in [2.75, 3.05) is 19.8 Å². The normalized spacial score (nSPS) is 16.3. The Balaban J connectivity index is 1.25. The van der Waals surface area contributed by atoms with Crippen LogP contribution in [-0.2, 0) is 27.3 Å². The fourth-order valence-electron chi connectivity index (χ4n) is 3.25. The van der Waals surface area contributed by atoms with Crippen molar-refractivity contribution in [2.45, 2.75) is 19.1 Å². The van der Waals surface area contributed by atoms with E-state index in [0.29, 0.717) is 30.0 Å². The average molecular weight is 369 g/mol. The molecular formula is C20H20FN3O3. The number of aromatic nitrogens is 2. The van der Waals surface area contributed by atoms with Crippen LogP contribution in [0.5, 0.6) is 0 Å². The van der Waals surface area contributed by atoms with E-state index in [9.17, 15) is 9.18 Å². The zero-order valence-corrected chi connectivity index (χ0v) is 14.7. The number of carbonyl (C=O) groups excluding carboxylic acids is 1. The maximum Gasteiger partial charge on any atom is 0.246 e. The molecule has 0 radical (unpaired) electrons. The number of hydrogen-bond acceptors (Lipinski definition) is 4. The van der Waals surface area contributed by atoms with Gasteiger partial charge in [-0.15, -0.1) is 0 Å². The summed E-state index contributed by atoms with van der Waals surface area (Å²) in [5.41, 5.74) is 3.65. The largest absolute Gasteiger partial charge is 0.371 e. The number of benzene rings is 2. The third kappa shape index (κ3) is 4.15. The number of halogens is 1. The number of amides is 1. The molecule has 6 nitrogen and oxygen atoms in total. The van der Waals surface area contributed by atoms with E-state index < -0.39 is 0 Å². The van der Waals surface area contributed by atoms with Crippen LogP contribution in [0.4, 0.5) is 4.39 Å². The van der Waals surface area contributed by atoms with Gasteiger partial charge >= 0.3 is 0 Å². The maximum absolute atomic E-state index is 13.2. The molecule has 4 rings (SSSR count). The molecule has 2 N–H and O–H groups in total. The number of aromatic amines is 1. The molecule has 0 saturated carbocycles. The highest BCUT2D eigenvalue weighted by Gasteiger charge is 2.20. The Morgan fingerprint density at radius 3 is 3.15 bits per heavy atom. The maximum atomic E-state index is 13.2. The van der Waals surface area contributed by atoms with Crippen LogP contribution in [0.25, 0.3) is 11.0 Å². The second kappa shape index (κ2) is 7.85. The van der Waals surface area contributed by atoms with Crippen LogP contribution in [-0.4, -0.2) is 35.6 Å². The molecule has 2 heterocycles. The summed E-state index contributed by atoms with van der Waals surface area (Å²) in [7, 11) is 0. The van der Waals surface area contributed by atoms with Gasteiger partial charge in [-0.05, 0) is 35.7 Å². The van der Waals surface area contributed by atoms with E-state index in [2.05, 4.69) is 21.4 Å². The zero-order chi connectivity index (χ0) is 18.6. The van der Waals surface area contributed by atoms with E-state index in [1.807, 2.05) is 18.2 Å². The Labute approximate surface area is 155 Å². The number of H-pyrrole nitrogens is 1. The molecule has 1 atom stereocenters. The number of rotatable bonds is 6. The third-order valence-electron chi connectivity index (χ3n) is 4.54. The highest BCUT2D eigenvalue weighted by atomic mass is 19.1. The van der Waals surface area contributed by atoms with Crippen molar-refractivity contribution in [2.24, 2.45) is 0 Å². The minimum absolute atomic E-state index is 0.0836. The lowest BCUT2D eigenvalue weighted by Gasteiger charge is -2.26. The predicted molar refractivity (Wildman–Crippen MR) is 97.6 cm³/mol. The lowest BCUT2D eigenvalue weighted by molar-refractivity contribution is -0.126. The first-order valence-corrected chi connectivity index (χ1v) is 8.87. The third-order valence-corrected chi connectivity index (χ3v) is 4.54. The van der Waals surface area contributed by atoms with Crippen LogP contribution in [0.3, 0.4) is 0 Å². The smallest absolute Gasteiger partial charge is 0.246 e. The van der Waals surface area contributed by atoms with Gasteiger partial charge in [0.25, 0.3) is 0 Å². The fourth-order valence-corrected chi connectivity index (χ4v) is 3.25. The van der Waals surface area contributed by atoms with Crippen molar-refractivity contribution >= 4 is 16.9 Å². The van der Waals surface area contributed by atoms with Gasteiger partial charge in [0.2, 0.25) is 5.91 Å². The van der Waals surface area contributed by atoms with Crippen LogP contribution >= 0.6 is 0 Å². The number of ether oxygens (including phenoxy) is 2. The fraction of sp³-hybridized carbons (Fsp3) is 0.300. The van der Waals surface area contributed by atoms with Crippen molar-refractivity contribution in [3.63, 3.8) is 0 Å². The van der Waals surface area contributed by atoms with Gasteiger partial charge in [0.05, 0.1) is 17.6 Å². The number of nitrogens with zero attached hydrogens (tertiary/aromatic N) is 1. The minimum Gasteiger partial charge on any atom is -0.371 e. The van der Waals surface area contributed by atoms with Crippen molar-refractivity contribution in [1.82, 2.24) is 15.3 Å². The lowest BCUT2D eigenvalue weighted by Crippen LogP contribution is -2.34. The van der Waals surface area contributed by atoms with E-state index in [4.69, 9.17) is 9.47 Å². The lowest BCUT2D eigenvalue weighted by atomic mass is 9.97. The molecule has 0 bridgehead atoms. The van der Waals surface area contributed by atoms with Gasteiger partial charge in [0, 0.05) is 6.54 Å². The Bertz CT molecular complexity index is 957. The van der Waals surface area contributed by atoms with Crippen molar-refractivity contribution in [3.8, 4) is 0 Å². The second-order valence-corrected chi connectivity index (χ2v) is 6.45. The minimum atomic E-state index is -0.329. The van der Waals surface area contributed by atoms with Crippen molar-refractivity contribution in [1.29, 1.82) is 0 Å². The first kappa shape index (κ1) is 17.6. The summed E-state index contributed by atoms with van der Waals surface area (Å²) < 4.78 is 24.4. The summed E-state index contributed by atoms with van der Waals surface area (Å²) in [6, 6.07) is 12.4. The van der Waals surface area contributed by atoms with E-state index >= 15 is 0 Å². The van der Waals surface area contributed by atoms with E-state index in [-0.39, 0.29) is 31.0 Å². The second-order valence-electron chi connectivity index (χ2n) is 6.45. The molecule has 0 spiro atoms. The summed E-state index contributed by atoms with van der Waals surface area (Å²) in [6.45, 7) is 1.12. The molecule has 2 aromatic carbocycles. The van der Waals surface area contributed by atoms with Gasteiger partial charge in [-0.25, -0.2) is 9.37 Å². The van der Waals surface area contributed by atoms with Crippen LogP contribution in [0.2, 0.25) is 0 Å². The van der Waals surface area contributed by atoms with Gasteiger partial charge in [-0.1, -0.05) is 24.3 Å². The first-order chi connectivity index (χ1) is 13.2. The highest BCUT2D eigenvalue weighted by molar-refractivity contribution is 5.77. The molecule has 1 aliphatic heterocycles. The van der Waals surface area contributed by atoms with Gasteiger partial charge in [0.1, 0.15) is 31.0 Å². The van der Waals surface area contributed by atoms with Crippen LogP contribution in [0.1, 0.15) is 23.1 Å². The van der Waals surface area contributed by atoms with Crippen molar-refractivity contribution in [3.05, 3.63) is 65.2 Å². The quantitative estimate of drug-likeness (QED) is 0.700. The van der Waals surface area contributed by atoms with Crippen LogP contribution < -0.4 is 5.32 Å². The van der Waals surface area contributed by atoms with Gasteiger partial charge < -0.3 is 19.8 Å². The molecule has 0 fully saturated rings. The zero-order valence-electron chi connectivity index (χ0n) is 14.7. The molecular weight excluding hydrogens is 349 g/mol. The van der Waals surface area contributed by atoms with Crippen molar-refractivity contribution < 1.29 is 18.7 Å². The predicted octanol–water partition coefficient (Wildman–Crippen LogP) is 2.65. The van der Waals surface area contributed by atoms with Crippen LogP contribution in [0.15, 0.2) is 42.5 Å².